The summed E-state index contributed by atoms with van der Waals surface area (Å²) in [6, 6.07) is 38.8. The number of rotatable bonds is 17. The molecule has 0 aliphatic carbocycles. The Morgan fingerprint density at radius 1 is 0.479 bits per heavy atom. The zero-order valence-corrected chi connectivity index (χ0v) is 51.8. The number of benzene rings is 5. The number of fused-ring (bicyclic) bond motifs is 3. The third kappa shape index (κ3) is 12.6. The Labute approximate surface area is 538 Å². The molecule has 0 bridgehead atoms. The topological polar surface area (TPSA) is 297 Å². The van der Waals surface area contributed by atoms with Crippen molar-refractivity contribution in [3.63, 3.8) is 0 Å². The SMILES string of the molecule is CCN1CCN(c2ccc(Nc3nc(-c4cccc(-c5cc(Nc6nc(-c7cccc(C(c8ccc(Nc9nc(N%10CCOCC%10)nc%10cn[nH]c(=O)c9%10)cc8)N8CCNCC8)c7)nc7cn[nH]c(=O)c67)ccc5CN5CCOCC5)c4)nc4cn[nH]c(=O)c34)cc2)CC1. The molecule has 5 aromatic carbocycles. The molecular formula is C68H69N21O5. The van der Waals surface area contributed by atoms with Crippen LogP contribution in [-0.2, 0) is 16.0 Å². The van der Waals surface area contributed by atoms with E-state index in [-0.39, 0.29) is 11.4 Å². The smallest absolute Gasteiger partial charge is 0.277 e. The highest BCUT2D eigenvalue weighted by atomic mass is 16.5. The Bertz CT molecular complexity index is 4750. The van der Waals surface area contributed by atoms with Crippen molar-refractivity contribution in [1.82, 2.24) is 80.5 Å². The van der Waals surface area contributed by atoms with Gasteiger partial charge < -0.3 is 45.4 Å². The lowest BCUT2D eigenvalue weighted by Crippen LogP contribution is -2.46. The van der Waals surface area contributed by atoms with E-state index in [0.717, 1.165) is 128 Å². The van der Waals surface area contributed by atoms with Gasteiger partial charge in [-0.2, -0.15) is 20.3 Å². The van der Waals surface area contributed by atoms with E-state index in [1.54, 1.807) is 18.6 Å². The van der Waals surface area contributed by atoms with Crippen molar-refractivity contribution in [2.24, 2.45) is 0 Å². The van der Waals surface area contributed by atoms with Gasteiger partial charge in [0.2, 0.25) is 5.95 Å². The molecular weight excluding hydrogens is 1190 g/mol. The van der Waals surface area contributed by atoms with Crippen LogP contribution >= 0.6 is 0 Å². The summed E-state index contributed by atoms with van der Waals surface area (Å²) in [6.45, 7) is 16.3. The largest absolute Gasteiger partial charge is 0.379 e. The lowest BCUT2D eigenvalue weighted by molar-refractivity contribution is 0.0342. The van der Waals surface area contributed by atoms with E-state index in [2.05, 4.69) is 139 Å². The summed E-state index contributed by atoms with van der Waals surface area (Å²) in [5, 5.41) is 34.9. The maximum atomic E-state index is 13.9. The first-order valence-corrected chi connectivity index (χ1v) is 31.9. The fraction of sp³-hybridized carbons (Fsp3) is 0.294. The molecule has 4 aliphatic rings. The number of aromatic nitrogens is 12. The van der Waals surface area contributed by atoms with E-state index < -0.39 is 16.7 Å². The number of likely N-dealkylation sites (N-methyl/N-ethyl adjacent to an activating group) is 1. The van der Waals surface area contributed by atoms with Crippen LogP contribution in [0.5, 0.6) is 0 Å². The van der Waals surface area contributed by atoms with Gasteiger partial charge in [-0.15, -0.1) is 0 Å². The number of ether oxygens (including phenoxy) is 2. The minimum Gasteiger partial charge on any atom is -0.379 e. The molecule has 4 fully saturated rings. The van der Waals surface area contributed by atoms with Crippen LogP contribution < -0.4 is 47.7 Å². The number of piperazine rings is 2. The molecule has 7 N–H and O–H groups in total. The van der Waals surface area contributed by atoms with Gasteiger partial charge in [0.1, 0.15) is 50.2 Å². The Morgan fingerprint density at radius 3 is 1.63 bits per heavy atom. The summed E-state index contributed by atoms with van der Waals surface area (Å²) < 4.78 is 11.3. The van der Waals surface area contributed by atoms with Crippen LogP contribution in [0.3, 0.4) is 0 Å². The lowest BCUT2D eigenvalue weighted by Gasteiger charge is -2.36. The molecule has 26 nitrogen and oxygen atoms in total. The van der Waals surface area contributed by atoms with Crippen LogP contribution in [-0.4, -0.2) is 187 Å². The predicted octanol–water partition coefficient (Wildman–Crippen LogP) is 6.80. The van der Waals surface area contributed by atoms with E-state index in [1.807, 2.05) is 59.5 Å². The first kappa shape index (κ1) is 59.8. The summed E-state index contributed by atoms with van der Waals surface area (Å²) in [5.41, 5.74) is 9.75. The maximum absolute atomic E-state index is 13.9. The second-order valence-electron chi connectivity index (χ2n) is 23.8. The molecule has 1 unspecified atom stereocenters. The Hall–Kier alpha value is -10.5. The average molecular weight is 1260 g/mol. The zero-order chi connectivity index (χ0) is 63.5. The van der Waals surface area contributed by atoms with Crippen LogP contribution in [0.15, 0.2) is 148 Å². The van der Waals surface area contributed by atoms with Crippen LogP contribution in [0.4, 0.5) is 46.2 Å². The molecule has 15 rings (SSSR count). The number of nitrogens with one attached hydrogen (secondary N) is 7. The monoisotopic (exact) mass is 1260 g/mol. The van der Waals surface area contributed by atoms with Gasteiger partial charge in [-0.1, -0.05) is 61.5 Å². The molecule has 10 heterocycles. The van der Waals surface area contributed by atoms with Crippen molar-refractivity contribution in [2.45, 2.75) is 19.5 Å². The van der Waals surface area contributed by atoms with Crippen molar-refractivity contribution in [1.29, 1.82) is 0 Å². The van der Waals surface area contributed by atoms with E-state index in [4.69, 9.17) is 39.4 Å². The second-order valence-corrected chi connectivity index (χ2v) is 23.8. The van der Waals surface area contributed by atoms with Crippen molar-refractivity contribution in [2.75, 3.05) is 137 Å². The molecule has 0 spiro atoms. The van der Waals surface area contributed by atoms with Crippen molar-refractivity contribution < 1.29 is 9.47 Å². The normalized spacial score (nSPS) is 16.4. The van der Waals surface area contributed by atoms with Gasteiger partial charge in [-0.3, -0.25) is 24.2 Å². The number of hydrogen-bond donors (Lipinski definition) is 7. The summed E-state index contributed by atoms with van der Waals surface area (Å²) in [5.74, 6) is 2.35. The number of morpholine rings is 2. The van der Waals surface area contributed by atoms with Gasteiger partial charge in [0.15, 0.2) is 11.6 Å². The zero-order valence-electron chi connectivity index (χ0n) is 51.8. The lowest BCUT2D eigenvalue weighted by atomic mass is 9.94. The van der Waals surface area contributed by atoms with E-state index in [9.17, 15) is 14.4 Å². The molecule has 4 saturated heterocycles. The Balaban J connectivity index is 0.746. The predicted molar refractivity (Wildman–Crippen MR) is 363 cm³/mol. The van der Waals surface area contributed by atoms with Crippen LogP contribution in [0.1, 0.15) is 29.7 Å². The summed E-state index contributed by atoms with van der Waals surface area (Å²) in [6.07, 6.45) is 4.64. The number of anilines is 8. The fourth-order valence-corrected chi connectivity index (χ4v) is 13.0. The molecule has 476 valence electrons. The van der Waals surface area contributed by atoms with Gasteiger partial charge in [0, 0.05) is 119 Å². The number of aromatic amines is 3. The molecule has 26 heteroatoms. The number of H-pyrrole nitrogens is 3. The summed E-state index contributed by atoms with van der Waals surface area (Å²) >= 11 is 0. The second kappa shape index (κ2) is 26.6. The van der Waals surface area contributed by atoms with Crippen molar-refractivity contribution >= 4 is 78.9 Å². The molecule has 0 radical (unpaired) electrons. The quantitative estimate of drug-likeness (QED) is 0.0493. The highest BCUT2D eigenvalue weighted by molar-refractivity contribution is 5.94. The third-order valence-corrected chi connectivity index (χ3v) is 17.9. The van der Waals surface area contributed by atoms with Crippen LogP contribution in [0, 0.1) is 0 Å². The first-order valence-electron chi connectivity index (χ1n) is 31.9. The molecule has 11 aromatic rings. The van der Waals surface area contributed by atoms with Crippen molar-refractivity contribution in [3.05, 3.63) is 182 Å². The van der Waals surface area contributed by atoms with Gasteiger partial charge in [-0.25, -0.2) is 40.2 Å². The van der Waals surface area contributed by atoms with E-state index in [0.29, 0.717) is 114 Å². The summed E-state index contributed by atoms with van der Waals surface area (Å²) in [7, 11) is 0. The van der Waals surface area contributed by atoms with Gasteiger partial charge in [0.25, 0.3) is 16.7 Å². The molecule has 1 atom stereocenters. The Morgan fingerprint density at radius 2 is 1.01 bits per heavy atom. The minimum atomic E-state index is -0.442. The van der Waals surface area contributed by atoms with Gasteiger partial charge in [0.05, 0.1) is 51.1 Å². The van der Waals surface area contributed by atoms with Gasteiger partial charge in [-0.05, 0) is 95.0 Å². The van der Waals surface area contributed by atoms with Gasteiger partial charge >= 0.3 is 0 Å². The minimum absolute atomic E-state index is 0.165. The number of nitrogens with zero attached hydrogens (tertiary/aromatic N) is 14. The number of hydrogen-bond acceptors (Lipinski definition) is 23. The maximum Gasteiger partial charge on any atom is 0.277 e. The van der Waals surface area contributed by atoms with Crippen molar-refractivity contribution in [3.8, 4) is 33.9 Å². The molecule has 6 aromatic heterocycles. The first-order chi connectivity index (χ1) is 46.2. The summed E-state index contributed by atoms with van der Waals surface area (Å²) in [4.78, 5) is 82.1. The Kier molecular flexibility index (Phi) is 16.9. The molecule has 94 heavy (non-hydrogen) atoms. The standard InChI is InChI=1S/C68H69N21O5/c1-2-85-23-25-87(26-24-85)51-17-15-49(16-18-51)73-62-56-53(38-70-82-65(56)90)76-60(79-62)45-7-3-5-43(35-45)52-37-50(14-11-47(52)41-86-27-31-93-32-28-86)75-63-57-54(39-71-83-66(57)91)77-61(80-63)46-8-4-6-44(36-46)59(88-21-19-69-20-22-88)42-9-12-48(13-10-42)74-64-58-55(40-72-84-67(58)92)78-68(81-64)89-29-33-94-34-30-89/h3-18,35-40,59,69H,2,19-34,41H2,1H3,(H,82,90)(H,83,91)(H,84,92)(H,73,76,79)(H,74,78,81)(H,75,77,80). The van der Waals surface area contributed by atoms with E-state index >= 15 is 0 Å². The average Bonchev–Trinajstić information content (AvgIpc) is 1.02. The highest BCUT2D eigenvalue weighted by Crippen LogP contribution is 2.37. The molecule has 0 amide bonds. The third-order valence-electron chi connectivity index (χ3n) is 17.9. The molecule has 4 aliphatic heterocycles. The van der Waals surface area contributed by atoms with E-state index in [1.165, 1.54) is 0 Å². The fourth-order valence-electron chi connectivity index (χ4n) is 13.0. The molecule has 0 saturated carbocycles. The van der Waals surface area contributed by atoms with Crippen LogP contribution in [0.2, 0.25) is 0 Å². The van der Waals surface area contributed by atoms with Crippen LogP contribution in [0.25, 0.3) is 66.6 Å². The highest BCUT2D eigenvalue weighted by Gasteiger charge is 2.27.